The maximum absolute atomic E-state index is 13.2. The van der Waals surface area contributed by atoms with Crippen LogP contribution in [0.2, 0.25) is 0 Å². The molecule has 20 heavy (non-hydrogen) atoms. The molecule has 1 N–H and O–H groups in total. The van der Waals surface area contributed by atoms with Crippen molar-refractivity contribution in [2.24, 2.45) is 0 Å². The zero-order valence-electron chi connectivity index (χ0n) is 11.4. The molecule has 1 aromatic heterocycles. The van der Waals surface area contributed by atoms with Crippen LogP contribution in [0.25, 0.3) is 0 Å². The molecule has 0 bridgehead atoms. The Balaban J connectivity index is 1.93. The standard InChI is InChI=1S/C16H18BrFN2/c1-19-14(7-6-13-4-2-3-9-20-13)10-12-5-8-16(18)15(17)11-12/h2-5,8-9,11,14,19H,6-7,10H2,1H3. The second kappa shape index (κ2) is 7.50. The van der Waals surface area contributed by atoms with Gasteiger partial charge < -0.3 is 5.32 Å². The molecule has 0 amide bonds. The van der Waals surface area contributed by atoms with Crippen LogP contribution >= 0.6 is 15.9 Å². The number of pyridine rings is 1. The Hall–Kier alpha value is -1.26. The van der Waals surface area contributed by atoms with Gasteiger partial charge in [0, 0.05) is 17.9 Å². The van der Waals surface area contributed by atoms with Gasteiger partial charge in [-0.2, -0.15) is 0 Å². The minimum atomic E-state index is -0.219. The van der Waals surface area contributed by atoms with Gasteiger partial charge in [0.1, 0.15) is 5.82 Å². The van der Waals surface area contributed by atoms with Crippen molar-refractivity contribution in [1.82, 2.24) is 10.3 Å². The molecule has 1 aromatic carbocycles. The second-order valence-corrected chi connectivity index (χ2v) is 5.65. The Morgan fingerprint density at radius 1 is 1.30 bits per heavy atom. The average Bonchev–Trinajstić information content (AvgIpc) is 2.48. The molecule has 0 fully saturated rings. The molecule has 4 heteroatoms. The molecule has 0 radical (unpaired) electrons. The van der Waals surface area contributed by atoms with Crippen LogP contribution in [-0.2, 0) is 12.8 Å². The van der Waals surface area contributed by atoms with Gasteiger partial charge in [0.25, 0.3) is 0 Å². The highest BCUT2D eigenvalue weighted by atomic mass is 79.9. The predicted molar refractivity (Wildman–Crippen MR) is 83.2 cm³/mol. The molecule has 2 nitrogen and oxygen atoms in total. The summed E-state index contributed by atoms with van der Waals surface area (Å²) in [6.45, 7) is 0. The summed E-state index contributed by atoms with van der Waals surface area (Å²) < 4.78 is 13.7. The van der Waals surface area contributed by atoms with E-state index < -0.39 is 0 Å². The SMILES string of the molecule is CNC(CCc1ccccn1)Cc1ccc(F)c(Br)c1. The first kappa shape index (κ1) is 15.1. The highest BCUT2D eigenvalue weighted by molar-refractivity contribution is 9.10. The summed E-state index contributed by atoms with van der Waals surface area (Å²) in [5.41, 5.74) is 2.23. The molecular formula is C16H18BrFN2. The van der Waals surface area contributed by atoms with Crippen LogP contribution in [0.5, 0.6) is 0 Å². The van der Waals surface area contributed by atoms with Gasteiger partial charge in [-0.3, -0.25) is 4.98 Å². The summed E-state index contributed by atoms with van der Waals surface area (Å²) in [4.78, 5) is 4.33. The summed E-state index contributed by atoms with van der Waals surface area (Å²) in [5, 5.41) is 3.32. The first-order valence-corrected chi connectivity index (χ1v) is 7.49. The van der Waals surface area contributed by atoms with Gasteiger partial charge in [-0.1, -0.05) is 12.1 Å². The molecule has 0 aliphatic rings. The maximum atomic E-state index is 13.2. The van der Waals surface area contributed by atoms with Crippen LogP contribution in [0.4, 0.5) is 4.39 Å². The lowest BCUT2D eigenvalue weighted by molar-refractivity contribution is 0.516. The number of benzene rings is 1. The van der Waals surface area contributed by atoms with Gasteiger partial charge in [0.2, 0.25) is 0 Å². The van der Waals surface area contributed by atoms with Crippen molar-refractivity contribution in [3.05, 3.63) is 64.1 Å². The molecular weight excluding hydrogens is 319 g/mol. The van der Waals surface area contributed by atoms with E-state index in [0.717, 1.165) is 30.5 Å². The van der Waals surface area contributed by atoms with Crippen molar-refractivity contribution in [3.63, 3.8) is 0 Å². The molecule has 1 unspecified atom stereocenters. The van der Waals surface area contributed by atoms with Crippen molar-refractivity contribution in [1.29, 1.82) is 0 Å². The van der Waals surface area contributed by atoms with Gasteiger partial charge in [0.15, 0.2) is 0 Å². The molecule has 0 aliphatic heterocycles. The van der Waals surface area contributed by atoms with E-state index in [2.05, 4.69) is 26.2 Å². The van der Waals surface area contributed by atoms with Crippen LogP contribution < -0.4 is 5.32 Å². The van der Waals surface area contributed by atoms with E-state index in [-0.39, 0.29) is 5.82 Å². The molecule has 0 saturated carbocycles. The fourth-order valence-electron chi connectivity index (χ4n) is 2.17. The molecule has 2 rings (SSSR count). The summed E-state index contributed by atoms with van der Waals surface area (Å²) in [6, 6.07) is 11.5. The average molecular weight is 337 g/mol. The van der Waals surface area contributed by atoms with E-state index in [9.17, 15) is 4.39 Å². The third kappa shape index (κ3) is 4.39. The summed E-state index contributed by atoms with van der Waals surface area (Å²) in [6.07, 6.45) is 4.64. The summed E-state index contributed by atoms with van der Waals surface area (Å²) >= 11 is 3.23. The topological polar surface area (TPSA) is 24.9 Å². The van der Waals surface area contributed by atoms with Crippen LogP contribution in [0.3, 0.4) is 0 Å². The van der Waals surface area contributed by atoms with Gasteiger partial charge >= 0.3 is 0 Å². The van der Waals surface area contributed by atoms with E-state index in [0.29, 0.717) is 10.5 Å². The lowest BCUT2D eigenvalue weighted by Gasteiger charge is -2.16. The van der Waals surface area contributed by atoms with Crippen molar-refractivity contribution in [3.8, 4) is 0 Å². The molecule has 1 heterocycles. The molecule has 0 spiro atoms. The fourth-order valence-corrected chi connectivity index (χ4v) is 2.59. The highest BCUT2D eigenvalue weighted by Crippen LogP contribution is 2.18. The highest BCUT2D eigenvalue weighted by Gasteiger charge is 2.09. The first-order chi connectivity index (χ1) is 9.69. The third-order valence-corrected chi connectivity index (χ3v) is 3.96. The first-order valence-electron chi connectivity index (χ1n) is 6.70. The van der Waals surface area contributed by atoms with Gasteiger partial charge in [-0.25, -0.2) is 4.39 Å². The number of aromatic nitrogens is 1. The van der Waals surface area contributed by atoms with E-state index in [1.165, 1.54) is 6.07 Å². The molecule has 0 aliphatic carbocycles. The van der Waals surface area contributed by atoms with Crippen LogP contribution in [0.1, 0.15) is 17.7 Å². The van der Waals surface area contributed by atoms with E-state index in [4.69, 9.17) is 0 Å². The van der Waals surface area contributed by atoms with Crippen LogP contribution in [0.15, 0.2) is 47.1 Å². The van der Waals surface area contributed by atoms with Crippen molar-refractivity contribution in [2.75, 3.05) is 7.05 Å². The second-order valence-electron chi connectivity index (χ2n) is 4.80. The lowest BCUT2D eigenvalue weighted by Crippen LogP contribution is -2.28. The van der Waals surface area contributed by atoms with E-state index >= 15 is 0 Å². The minimum Gasteiger partial charge on any atom is -0.317 e. The number of aryl methyl sites for hydroxylation is 1. The normalized spacial score (nSPS) is 12.3. The Bertz CT molecular complexity index is 545. The van der Waals surface area contributed by atoms with E-state index in [1.807, 2.05) is 43.6 Å². The van der Waals surface area contributed by atoms with Crippen molar-refractivity contribution in [2.45, 2.75) is 25.3 Å². The number of rotatable bonds is 6. The quantitative estimate of drug-likeness (QED) is 0.868. The monoisotopic (exact) mass is 336 g/mol. The predicted octanol–water partition coefficient (Wildman–Crippen LogP) is 3.75. The number of halogens is 2. The molecule has 106 valence electrons. The number of nitrogens with zero attached hydrogens (tertiary/aromatic N) is 1. The van der Waals surface area contributed by atoms with Crippen molar-refractivity contribution >= 4 is 15.9 Å². The van der Waals surface area contributed by atoms with Gasteiger partial charge in [-0.15, -0.1) is 0 Å². The molecule has 0 saturated heterocycles. The largest absolute Gasteiger partial charge is 0.317 e. The smallest absolute Gasteiger partial charge is 0.137 e. The Morgan fingerprint density at radius 2 is 2.15 bits per heavy atom. The zero-order chi connectivity index (χ0) is 14.4. The zero-order valence-corrected chi connectivity index (χ0v) is 13.0. The molecule has 2 aromatic rings. The fraction of sp³-hybridized carbons (Fsp3) is 0.312. The van der Waals surface area contributed by atoms with Crippen molar-refractivity contribution < 1.29 is 4.39 Å². The summed E-state index contributed by atoms with van der Waals surface area (Å²) in [5.74, 6) is -0.219. The lowest BCUT2D eigenvalue weighted by atomic mass is 10.0. The Morgan fingerprint density at radius 3 is 2.80 bits per heavy atom. The van der Waals surface area contributed by atoms with E-state index in [1.54, 1.807) is 0 Å². The third-order valence-electron chi connectivity index (χ3n) is 3.35. The Kier molecular flexibility index (Phi) is 5.68. The summed E-state index contributed by atoms with van der Waals surface area (Å²) in [7, 11) is 1.96. The number of nitrogens with one attached hydrogen (secondary N) is 1. The number of likely N-dealkylation sites (N-methyl/N-ethyl adjacent to an activating group) is 1. The van der Waals surface area contributed by atoms with Gasteiger partial charge in [0.05, 0.1) is 4.47 Å². The molecule has 1 atom stereocenters. The van der Waals surface area contributed by atoms with Crippen LogP contribution in [-0.4, -0.2) is 18.1 Å². The Labute approximate surface area is 127 Å². The minimum absolute atomic E-state index is 0.219. The van der Waals surface area contributed by atoms with Gasteiger partial charge in [-0.05, 0) is 72.1 Å². The number of hydrogen-bond donors (Lipinski definition) is 1. The van der Waals surface area contributed by atoms with Crippen LogP contribution in [0, 0.1) is 5.82 Å². The number of hydrogen-bond acceptors (Lipinski definition) is 2. The maximum Gasteiger partial charge on any atom is 0.137 e.